The number of aryl methyl sites for hydroxylation is 2. The second-order valence-corrected chi connectivity index (χ2v) is 10.5. The van der Waals surface area contributed by atoms with Crippen molar-refractivity contribution in [3.05, 3.63) is 89.5 Å². The van der Waals surface area contributed by atoms with Crippen molar-refractivity contribution in [3.63, 3.8) is 0 Å². The first-order valence-corrected chi connectivity index (χ1v) is 13.1. The number of anilines is 2. The van der Waals surface area contributed by atoms with Crippen LogP contribution in [0.3, 0.4) is 0 Å². The van der Waals surface area contributed by atoms with Crippen LogP contribution in [0.25, 0.3) is 0 Å². The molecule has 0 bridgehead atoms. The summed E-state index contributed by atoms with van der Waals surface area (Å²) in [6, 6.07) is 16.9. The molecule has 11 heteroatoms. The Kier molecular flexibility index (Phi) is 7.53. The molecule has 4 rings (SSSR count). The molecule has 4 aromatic rings. The molecule has 2 aromatic heterocycles. The van der Waals surface area contributed by atoms with Crippen molar-refractivity contribution >= 4 is 27.6 Å². The van der Waals surface area contributed by atoms with Gasteiger partial charge in [-0.05, 0) is 73.9 Å². The first kappa shape index (κ1) is 25.8. The van der Waals surface area contributed by atoms with E-state index >= 15 is 0 Å². The van der Waals surface area contributed by atoms with Crippen molar-refractivity contribution in [2.45, 2.75) is 45.2 Å². The van der Waals surface area contributed by atoms with Crippen LogP contribution < -0.4 is 14.8 Å². The van der Waals surface area contributed by atoms with E-state index in [4.69, 9.17) is 4.74 Å². The SMILES string of the molecule is Cc1cc(C)nc(NS(=O)(=O)c2ccc(NC(=O)c3ccn(COc4ccc(C(C)C)cc4)n3)cc2)n1. The van der Waals surface area contributed by atoms with Crippen LogP contribution in [0.2, 0.25) is 0 Å². The highest BCUT2D eigenvalue weighted by molar-refractivity contribution is 7.92. The molecule has 0 spiro atoms. The number of nitrogens with one attached hydrogen (secondary N) is 2. The van der Waals surface area contributed by atoms with Crippen LogP contribution in [0.1, 0.15) is 47.2 Å². The molecule has 37 heavy (non-hydrogen) atoms. The van der Waals surface area contributed by atoms with Gasteiger partial charge in [0.15, 0.2) is 12.4 Å². The van der Waals surface area contributed by atoms with Gasteiger partial charge in [-0.25, -0.2) is 27.8 Å². The zero-order chi connectivity index (χ0) is 26.6. The molecule has 2 heterocycles. The molecule has 0 unspecified atom stereocenters. The number of carbonyl (C=O) groups excluding carboxylic acids is 1. The molecule has 0 radical (unpaired) electrons. The van der Waals surface area contributed by atoms with Crippen molar-refractivity contribution in [1.82, 2.24) is 19.7 Å². The largest absolute Gasteiger partial charge is 0.471 e. The van der Waals surface area contributed by atoms with Gasteiger partial charge in [-0.3, -0.25) is 4.79 Å². The maximum absolute atomic E-state index is 12.7. The maximum Gasteiger partial charge on any atom is 0.276 e. The third-order valence-corrected chi connectivity index (χ3v) is 6.76. The summed E-state index contributed by atoms with van der Waals surface area (Å²) >= 11 is 0. The lowest BCUT2D eigenvalue weighted by Gasteiger charge is -2.09. The minimum Gasteiger partial charge on any atom is -0.471 e. The zero-order valence-electron chi connectivity index (χ0n) is 21.0. The number of nitrogens with zero attached hydrogens (tertiary/aromatic N) is 4. The van der Waals surface area contributed by atoms with Crippen LogP contribution >= 0.6 is 0 Å². The van der Waals surface area contributed by atoms with E-state index in [2.05, 4.69) is 39.0 Å². The number of hydrogen-bond acceptors (Lipinski definition) is 7. The number of carbonyl (C=O) groups is 1. The second-order valence-electron chi connectivity index (χ2n) is 8.80. The van der Waals surface area contributed by atoms with Gasteiger partial charge in [-0.15, -0.1) is 0 Å². The lowest BCUT2D eigenvalue weighted by Crippen LogP contribution is -2.16. The minimum atomic E-state index is -3.89. The Morgan fingerprint density at radius 2 is 1.62 bits per heavy atom. The topological polar surface area (TPSA) is 128 Å². The Labute approximate surface area is 215 Å². The fraction of sp³-hybridized carbons (Fsp3) is 0.231. The molecule has 0 saturated carbocycles. The van der Waals surface area contributed by atoms with Crippen LogP contribution in [0.4, 0.5) is 11.6 Å². The fourth-order valence-corrected chi connectivity index (χ4v) is 4.45. The summed E-state index contributed by atoms with van der Waals surface area (Å²) in [5.74, 6) is 0.718. The van der Waals surface area contributed by atoms with E-state index in [1.165, 1.54) is 34.5 Å². The number of aromatic nitrogens is 4. The number of amides is 1. The average Bonchev–Trinajstić information content (AvgIpc) is 3.32. The van der Waals surface area contributed by atoms with Gasteiger partial charge in [-0.2, -0.15) is 5.10 Å². The highest BCUT2D eigenvalue weighted by Crippen LogP contribution is 2.20. The molecule has 192 valence electrons. The van der Waals surface area contributed by atoms with Crippen LogP contribution in [0.5, 0.6) is 5.75 Å². The molecule has 1 amide bonds. The average molecular weight is 521 g/mol. The van der Waals surface area contributed by atoms with E-state index < -0.39 is 15.9 Å². The Morgan fingerprint density at radius 1 is 0.973 bits per heavy atom. The summed E-state index contributed by atoms with van der Waals surface area (Å²) in [6.45, 7) is 7.92. The molecule has 2 N–H and O–H groups in total. The standard InChI is InChI=1S/C26H28N6O4S/c1-17(2)20-5-9-22(10-6-20)36-16-32-14-13-24(30-32)25(33)29-21-7-11-23(12-8-21)37(34,35)31-26-27-18(3)15-19(4)28-26/h5-15,17H,16H2,1-4H3,(H,29,33)(H,27,28,31). The predicted octanol–water partition coefficient (Wildman–Crippen LogP) is 4.50. The number of ether oxygens (including phenoxy) is 1. The monoisotopic (exact) mass is 520 g/mol. The van der Waals surface area contributed by atoms with Gasteiger partial charge in [0.05, 0.1) is 4.90 Å². The van der Waals surface area contributed by atoms with Gasteiger partial charge in [-0.1, -0.05) is 26.0 Å². The first-order chi connectivity index (χ1) is 17.6. The Bertz CT molecular complexity index is 1480. The number of benzene rings is 2. The van der Waals surface area contributed by atoms with Crippen molar-refractivity contribution in [2.75, 3.05) is 10.0 Å². The first-order valence-electron chi connectivity index (χ1n) is 11.6. The van der Waals surface area contributed by atoms with Crippen molar-refractivity contribution in [3.8, 4) is 5.75 Å². The van der Waals surface area contributed by atoms with Gasteiger partial charge in [0.2, 0.25) is 5.95 Å². The van der Waals surface area contributed by atoms with Crippen LogP contribution in [-0.2, 0) is 16.8 Å². The summed E-state index contributed by atoms with van der Waals surface area (Å²) in [5, 5.41) is 6.95. The van der Waals surface area contributed by atoms with Crippen molar-refractivity contribution in [2.24, 2.45) is 0 Å². The van der Waals surface area contributed by atoms with Gasteiger partial charge in [0, 0.05) is 23.3 Å². The Hall–Kier alpha value is -4.25. The molecule has 0 aliphatic carbocycles. The van der Waals surface area contributed by atoms with Crippen LogP contribution in [0.15, 0.2) is 71.8 Å². The minimum absolute atomic E-state index is 0.00187. The Morgan fingerprint density at radius 3 is 2.24 bits per heavy atom. The summed E-state index contributed by atoms with van der Waals surface area (Å²) < 4.78 is 35.0. The van der Waals surface area contributed by atoms with E-state index in [-0.39, 0.29) is 23.3 Å². The van der Waals surface area contributed by atoms with Gasteiger partial charge >= 0.3 is 0 Å². The smallest absolute Gasteiger partial charge is 0.276 e. The third kappa shape index (κ3) is 6.70. The normalized spacial score (nSPS) is 11.4. The lowest BCUT2D eigenvalue weighted by atomic mass is 10.0. The molecule has 0 atom stereocenters. The molecular weight excluding hydrogens is 492 g/mol. The van der Waals surface area contributed by atoms with Gasteiger partial charge in [0.25, 0.3) is 15.9 Å². The summed E-state index contributed by atoms with van der Waals surface area (Å²) in [7, 11) is -3.89. The van der Waals surface area contributed by atoms with E-state index in [1.54, 1.807) is 32.2 Å². The van der Waals surface area contributed by atoms with Crippen LogP contribution in [0, 0.1) is 13.8 Å². The fourth-order valence-electron chi connectivity index (χ4n) is 3.51. The number of hydrogen-bond donors (Lipinski definition) is 2. The summed E-state index contributed by atoms with van der Waals surface area (Å²) in [5.41, 5.74) is 3.14. The highest BCUT2D eigenvalue weighted by atomic mass is 32.2. The van der Waals surface area contributed by atoms with E-state index in [9.17, 15) is 13.2 Å². The van der Waals surface area contributed by atoms with Crippen molar-refractivity contribution in [1.29, 1.82) is 0 Å². The van der Waals surface area contributed by atoms with Crippen LogP contribution in [-0.4, -0.2) is 34.1 Å². The molecule has 10 nitrogen and oxygen atoms in total. The Balaban J connectivity index is 1.34. The maximum atomic E-state index is 12.7. The zero-order valence-corrected chi connectivity index (χ0v) is 21.8. The highest BCUT2D eigenvalue weighted by Gasteiger charge is 2.17. The molecule has 0 aliphatic rings. The molecule has 0 fully saturated rings. The third-order valence-electron chi connectivity index (χ3n) is 5.41. The molecule has 0 aliphatic heterocycles. The molecule has 2 aromatic carbocycles. The number of sulfonamides is 1. The summed E-state index contributed by atoms with van der Waals surface area (Å²) in [6.07, 6.45) is 1.65. The molecular formula is C26H28N6O4S. The predicted molar refractivity (Wildman–Crippen MR) is 140 cm³/mol. The lowest BCUT2D eigenvalue weighted by molar-refractivity contribution is 0.102. The van der Waals surface area contributed by atoms with E-state index in [0.29, 0.717) is 28.7 Å². The second kappa shape index (κ2) is 10.8. The van der Waals surface area contributed by atoms with E-state index in [0.717, 1.165) is 0 Å². The van der Waals surface area contributed by atoms with Gasteiger partial charge < -0.3 is 10.1 Å². The number of rotatable bonds is 9. The van der Waals surface area contributed by atoms with Gasteiger partial charge in [0.1, 0.15) is 5.75 Å². The quantitative estimate of drug-likeness (QED) is 0.332. The molecule has 0 saturated heterocycles. The summed E-state index contributed by atoms with van der Waals surface area (Å²) in [4.78, 5) is 20.8. The van der Waals surface area contributed by atoms with E-state index in [1.807, 2.05) is 24.3 Å². The van der Waals surface area contributed by atoms with Crippen molar-refractivity contribution < 1.29 is 17.9 Å².